The number of ether oxygens (including phenoxy) is 1. The molecule has 0 amide bonds. The first-order chi connectivity index (χ1) is 11.2. The average Bonchev–Trinajstić information content (AvgIpc) is 2.59. The number of methoxy groups -OCH3 is 1. The van der Waals surface area contributed by atoms with E-state index in [2.05, 4.69) is 15.6 Å². The number of hydrogen-bond donors (Lipinski definition) is 2. The van der Waals surface area contributed by atoms with Crippen LogP contribution in [0.25, 0.3) is 0 Å². The van der Waals surface area contributed by atoms with Crippen LogP contribution in [0.3, 0.4) is 0 Å². The first-order valence-electron chi connectivity index (χ1n) is 7.61. The topological polar surface area (TPSA) is 45.7 Å². The maximum absolute atomic E-state index is 6.18. The van der Waals surface area contributed by atoms with Crippen LogP contribution in [0, 0.1) is 0 Å². The molecule has 0 fully saturated rings. The highest BCUT2D eigenvalue weighted by atomic mass is 35.5. The second kappa shape index (κ2) is 9.06. The van der Waals surface area contributed by atoms with Crippen LogP contribution in [0.2, 0.25) is 5.02 Å². The molecule has 0 saturated carbocycles. The van der Waals surface area contributed by atoms with E-state index in [0.29, 0.717) is 13.1 Å². The number of rotatable bonds is 6. The summed E-state index contributed by atoms with van der Waals surface area (Å²) in [5.41, 5.74) is 2.14. The molecule has 0 aliphatic carbocycles. The Hall–Kier alpha value is -2.20. The SMILES string of the molecule is CCNC(=NCc1cccc(OC)c1)NCc1ccccc1Cl. The molecule has 23 heavy (non-hydrogen) atoms. The predicted octanol–water partition coefficient (Wildman–Crippen LogP) is 3.60. The fourth-order valence-electron chi connectivity index (χ4n) is 2.10. The molecule has 0 aliphatic rings. The van der Waals surface area contributed by atoms with Gasteiger partial charge in [-0.3, -0.25) is 0 Å². The van der Waals surface area contributed by atoms with Gasteiger partial charge in [-0.15, -0.1) is 0 Å². The largest absolute Gasteiger partial charge is 0.497 e. The van der Waals surface area contributed by atoms with Crippen LogP contribution in [0.1, 0.15) is 18.1 Å². The van der Waals surface area contributed by atoms with Crippen molar-refractivity contribution < 1.29 is 4.74 Å². The summed E-state index contributed by atoms with van der Waals surface area (Å²) in [6.07, 6.45) is 0. The normalized spacial score (nSPS) is 11.2. The number of nitrogens with one attached hydrogen (secondary N) is 2. The minimum absolute atomic E-state index is 0.578. The van der Waals surface area contributed by atoms with Crippen LogP contribution in [-0.2, 0) is 13.1 Å². The van der Waals surface area contributed by atoms with Crippen molar-refractivity contribution in [1.82, 2.24) is 10.6 Å². The summed E-state index contributed by atoms with van der Waals surface area (Å²) >= 11 is 6.18. The molecule has 0 aromatic heterocycles. The summed E-state index contributed by atoms with van der Waals surface area (Å²) in [5, 5.41) is 7.29. The van der Waals surface area contributed by atoms with Gasteiger partial charge in [0.15, 0.2) is 5.96 Å². The van der Waals surface area contributed by atoms with Gasteiger partial charge in [-0.25, -0.2) is 4.99 Å². The zero-order chi connectivity index (χ0) is 16.5. The van der Waals surface area contributed by atoms with Gasteiger partial charge in [-0.1, -0.05) is 41.9 Å². The quantitative estimate of drug-likeness (QED) is 0.628. The molecule has 122 valence electrons. The Bertz CT molecular complexity index is 658. The highest BCUT2D eigenvalue weighted by Gasteiger charge is 2.02. The Balaban J connectivity index is 2.00. The maximum Gasteiger partial charge on any atom is 0.191 e. The van der Waals surface area contributed by atoms with Crippen LogP contribution in [0.4, 0.5) is 0 Å². The molecule has 2 rings (SSSR count). The summed E-state index contributed by atoms with van der Waals surface area (Å²) in [7, 11) is 1.66. The summed E-state index contributed by atoms with van der Waals surface area (Å²) in [5.74, 6) is 1.60. The highest BCUT2D eigenvalue weighted by Crippen LogP contribution is 2.15. The summed E-state index contributed by atoms with van der Waals surface area (Å²) in [4.78, 5) is 4.60. The third kappa shape index (κ3) is 5.49. The van der Waals surface area contributed by atoms with E-state index in [1.807, 2.05) is 55.5 Å². The van der Waals surface area contributed by atoms with E-state index in [1.54, 1.807) is 7.11 Å². The minimum atomic E-state index is 0.578. The Labute approximate surface area is 142 Å². The number of aliphatic imine (C=N–C) groups is 1. The molecule has 0 aliphatic heterocycles. The van der Waals surface area contributed by atoms with Crippen molar-refractivity contribution in [3.05, 3.63) is 64.7 Å². The van der Waals surface area contributed by atoms with Crippen molar-refractivity contribution in [2.75, 3.05) is 13.7 Å². The van der Waals surface area contributed by atoms with E-state index in [9.17, 15) is 0 Å². The molecule has 4 nitrogen and oxygen atoms in total. The van der Waals surface area contributed by atoms with Crippen LogP contribution < -0.4 is 15.4 Å². The fourth-order valence-corrected chi connectivity index (χ4v) is 2.31. The molecule has 5 heteroatoms. The summed E-state index contributed by atoms with van der Waals surface area (Å²) in [6.45, 7) is 4.05. The molecule has 2 aromatic carbocycles. The first kappa shape index (κ1) is 17.2. The molecule has 0 atom stereocenters. The molecular weight excluding hydrogens is 310 g/mol. The van der Waals surface area contributed by atoms with Crippen LogP contribution in [-0.4, -0.2) is 19.6 Å². The molecular formula is C18H22ClN3O. The number of benzene rings is 2. The predicted molar refractivity (Wildman–Crippen MR) is 96.1 cm³/mol. The second-order valence-electron chi connectivity index (χ2n) is 4.99. The van der Waals surface area contributed by atoms with Crippen molar-refractivity contribution in [2.24, 2.45) is 4.99 Å². The molecule has 0 saturated heterocycles. The van der Waals surface area contributed by atoms with Crippen molar-refractivity contribution in [2.45, 2.75) is 20.0 Å². The molecule has 2 aromatic rings. The third-order valence-electron chi connectivity index (χ3n) is 3.30. The Morgan fingerprint density at radius 3 is 2.70 bits per heavy atom. The van der Waals surface area contributed by atoms with Gasteiger partial charge in [0.1, 0.15) is 5.75 Å². The van der Waals surface area contributed by atoms with Gasteiger partial charge < -0.3 is 15.4 Å². The molecule has 0 radical (unpaired) electrons. The second-order valence-corrected chi connectivity index (χ2v) is 5.40. The molecule has 0 bridgehead atoms. The van der Waals surface area contributed by atoms with Gasteiger partial charge in [0, 0.05) is 18.1 Å². The average molecular weight is 332 g/mol. The summed E-state index contributed by atoms with van der Waals surface area (Å²) in [6, 6.07) is 15.7. The molecule has 0 heterocycles. The van der Waals surface area contributed by atoms with Gasteiger partial charge in [-0.2, -0.15) is 0 Å². The smallest absolute Gasteiger partial charge is 0.191 e. The number of hydrogen-bond acceptors (Lipinski definition) is 2. The van der Waals surface area contributed by atoms with Crippen LogP contribution in [0.5, 0.6) is 5.75 Å². The van der Waals surface area contributed by atoms with Gasteiger partial charge >= 0.3 is 0 Å². The molecule has 0 spiro atoms. The van der Waals surface area contributed by atoms with Gasteiger partial charge in [-0.05, 0) is 36.2 Å². The lowest BCUT2D eigenvalue weighted by Crippen LogP contribution is -2.36. The molecule has 0 unspecified atom stereocenters. The maximum atomic E-state index is 6.18. The Morgan fingerprint density at radius 2 is 1.96 bits per heavy atom. The fraction of sp³-hybridized carbons (Fsp3) is 0.278. The summed E-state index contributed by atoms with van der Waals surface area (Å²) < 4.78 is 5.23. The van der Waals surface area contributed by atoms with Crippen molar-refractivity contribution >= 4 is 17.6 Å². The monoisotopic (exact) mass is 331 g/mol. The van der Waals surface area contributed by atoms with Crippen LogP contribution >= 0.6 is 11.6 Å². The van der Waals surface area contributed by atoms with E-state index in [4.69, 9.17) is 16.3 Å². The zero-order valence-electron chi connectivity index (χ0n) is 13.5. The van der Waals surface area contributed by atoms with Crippen molar-refractivity contribution in [1.29, 1.82) is 0 Å². The van der Waals surface area contributed by atoms with Gasteiger partial charge in [0.25, 0.3) is 0 Å². The lowest BCUT2D eigenvalue weighted by atomic mass is 10.2. The van der Waals surface area contributed by atoms with Crippen molar-refractivity contribution in [3.63, 3.8) is 0 Å². The Morgan fingerprint density at radius 1 is 1.13 bits per heavy atom. The minimum Gasteiger partial charge on any atom is -0.497 e. The van der Waals surface area contributed by atoms with Gasteiger partial charge in [0.2, 0.25) is 0 Å². The molecule has 2 N–H and O–H groups in total. The zero-order valence-corrected chi connectivity index (χ0v) is 14.2. The first-order valence-corrected chi connectivity index (χ1v) is 7.99. The third-order valence-corrected chi connectivity index (χ3v) is 3.67. The Kier molecular flexibility index (Phi) is 6.76. The van der Waals surface area contributed by atoms with Gasteiger partial charge in [0.05, 0.1) is 13.7 Å². The number of nitrogens with zero attached hydrogens (tertiary/aromatic N) is 1. The highest BCUT2D eigenvalue weighted by molar-refractivity contribution is 6.31. The van der Waals surface area contributed by atoms with E-state index in [0.717, 1.165) is 34.4 Å². The lowest BCUT2D eigenvalue weighted by molar-refractivity contribution is 0.414. The van der Waals surface area contributed by atoms with E-state index < -0.39 is 0 Å². The van der Waals surface area contributed by atoms with E-state index in [-0.39, 0.29) is 0 Å². The number of halogens is 1. The standard InChI is InChI=1S/C18H22ClN3O/c1-3-20-18(22-13-15-8-4-5-10-17(15)19)21-12-14-7-6-9-16(11-14)23-2/h4-11H,3,12-13H2,1-2H3,(H2,20,21,22). The van der Waals surface area contributed by atoms with Crippen molar-refractivity contribution in [3.8, 4) is 5.75 Å². The number of guanidine groups is 1. The van der Waals surface area contributed by atoms with E-state index >= 15 is 0 Å². The van der Waals surface area contributed by atoms with Crippen LogP contribution in [0.15, 0.2) is 53.5 Å². The lowest BCUT2D eigenvalue weighted by Gasteiger charge is -2.12. The van der Waals surface area contributed by atoms with E-state index in [1.165, 1.54) is 0 Å².